The van der Waals surface area contributed by atoms with Crippen molar-refractivity contribution in [1.29, 1.82) is 0 Å². The number of likely N-dealkylation sites (tertiary alicyclic amines) is 1. The van der Waals surface area contributed by atoms with Gasteiger partial charge in [0.2, 0.25) is 5.91 Å². The maximum atomic E-state index is 12.6. The quantitative estimate of drug-likeness (QED) is 0.789. The van der Waals surface area contributed by atoms with Crippen molar-refractivity contribution in [3.63, 3.8) is 0 Å². The molecule has 1 N–H and O–H groups in total. The zero-order chi connectivity index (χ0) is 15.3. The highest BCUT2D eigenvalue weighted by molar-refractivity contribution is 5.77. The van der Waals surface area contributed by atoms with E-state index >= 15 is 0 Å². The fourth-order valence-corrected chi connectivity index (χ4v) is 5.09. The van der Waals surface area contributed by atoms with Crippen LogP contribution >= 0.6 is 0 Å². The van der Waals surface area contributed by atoms with Crippen molar-refractivity contribution in [2.24, 2.45) is 21.1 Å². The molecule has 3 heterocycles. The van der Waals surface area contributed by atoms with E-state index in [2.05, 4.69) is 26.4 Å². The first kappa shape index (κ1) is 14.2. The van der Waals surface area contributed by atoms with Gasteiger partial charge in [-0.3, -0.25) is 4.79 Å². The minimum atomic E-state index is -0.328. The number of hydrogen-bond acceptors (Lipinski definition) is 4. The van der Waals surface area contributed by atoms with E-state index in [9.17, 15) is 4.79 Å². The van der Waals surface area contributed by atoms with Gasteiger partial charge in [0.15, 0.2) is 5.66 Å². The Labute approximate surface area is 131 Å². The van der Waals surface area contributed by atoms with Gasteiger partial charge in [-0.25, -0.2) is 0 Å². The Hall–Kier alpha value is -1.41. The normalized spacial score (nSPS) is 37.0. The number of carbonyl (C=O) groups excluding carboxylic acids is 1. The van der Waals surface area contributed by atoms with Crippen LogP contribution in [0.2, 0.25) is 0 Å². The first-order chi connectivity index (χ1) is 10.6. The van der Waals surface area contributed by atoms with Gasteiger partial charge >= 0.3 is 0 Å². The minimum Gasteiger partial charge on any atom is -0.341 e. The summed E-state index contributed by atoms with van der Waals surface area (Å²) in [5, 5.41) is 11.8. The van der Waals surface area contributed by atoms with Crippen molar-refractivity contribution >= 4 is 5.91 Å². The van der Waals surface area contributed by atoms with E-state index in [0.29, 0.717) is 23.7 Å². The highest BCUT2D eigenvalue weighted by Crippen LogP contribution is 2.59. The largest absolute Gasteiger partial charge is 0.341 e. The highest BCUT2D eigenvalue weighted by Gasteiger charge is 2.63. The van der Waals surface area contributed by atoms with Crippen LogP contribution in [0.5, 0.6) is 0 Å². The Kier molecular flexibility index (Phi) is 3.09. The predicted octanol–water partition coefficient (Wildman–Crippen LogP) is 1.94. The third-order valence-corrected chi connectivity index (χ3v) is 6.49. The third-order valence-electron chi connectivity index (χ3n) is 6.49. The zero-order valence-corrected chi connectivity index (χ0v) is 13.1. The lowest BCUT2D eigenvalue weighted by atomic mass is 9.71. The molecule has 4 aliphatic rings. The summed E-state index contributed by atoms with van der Waals surface area (Å²) in [6.45, 7) is 4.08. The van der Waals surface area contributed by atoms with Gasteiger partial charge in [-0.1, -0.05) is 6.42 Å². The smallest absolute Gasteiger partial charge is 0.222 e. The lowest BCUT2D eigenvalue weighted by Crippen LogP contribution is -2.36. The summed E-state index contributed by atoms with van der Waals surface area (Å²) in [5.41, 5.74) is 0.391. The standard InChI is InChI=1S/C17H24N4O/c1-2-3-8-17(19-20-17)9-5-14(22)21-12-15-6-4-7-16(15,13-21)11-18-10-15/h1,18H,3-13H2. The molecule has 2 unspecified atom stereocenters. The second-order valence-electron chi connectivity index (χ2n) is 7.65. The fraction of sp³-hybridized carbons (Fsp3) is 0.824. The molecule has 0 bridgehead atoms. The lowest BCUT2D eigenvalue weighted by molar-refractivity contribution is -0.131. The first-order valence-corrected chi connectivity index (χ1v) is 8.49. The molecule has 2 saturated heterocycles. The van der Waals surface area contributed by atoms with Crippen molar-refractivity contribution in [3.05, 3.63) is 0 Å². The summed E-state index contributed by atoms with van der Waals surface area (Å²) in [4.78, 5) is 14.8. The molecule has 5 heteroatoms. The SMILES string of the molecule is C#CCCC1(CCC(=O)N2CC34CCCC3(CNC4)C2)N=N1. The molecule has 1 aliphatic carbocycles. The summed E-state index contributed by atoms with van der Waals surface area (Å²) in [5.74, 6) is 2.92. The van der Waals surface area contributed by atoms with Gasteiger partial charge in [0.25, 0.3) is 0 Å². The average molecular weight is 300 g/mol. The highest BCUT2D eigenvalue weighted by atomic mass is 16.2. The lowest BCUT2D eigenvalue weighted by Gasteiger charge is -2.30. The van der Waals surface area contributed by atoms with Gasteiger partial charge in [0, 0.05) is 62.7 Å². The number of carbonyl (C=O) groups is 1. The number of hydrogen-bond donors (Lipinski definition) is 1. The Morgan fingerprint density at radius 1 is 1.18 bits per heavy atom. The second-order valence-corrected chi connectivity index (χ2v) is 7.65. The summed E-state index contributed by atoms with van der Waals surface area (Å²) < 4.78 is 0. The number of nitrogens with zero attached hydrogens (tertiary/aromatic N) is 3. The van der Waals surface area contributed by atoms with Gasteiger partial charge in [-0.05, 0) is 12.8 Å². The molecule has 0 spiro atoms. The molecule has 0 aromatic heterocycles. The predicted molar refractivity (Wildman–Crippen MR) is 83.1 cm³/mol. The van der Waals surface area contributed by atoms with Crippen LogP contribution in [-0.2, 0) is 4.79 Å². The van der Waals surface area contributed by atoms with Crippen molar-refractivity contribution in [2.45, 2.75) is 50.6 Å². The Bertz CT molecular complexity index is 525. The summed E-state index contributed by atoms with van der Waals surface area (Å²) in [6, 6.07) is 0. The molecule has 3 aliphatic heterocycles. The van der Waals surface area contributed by atoms with Crippen molar-refractivity contribution < 1.29 is 4.79 Å². The topological polar surface area (TPSA) is 57.1 Å². The molecule has 1 amide bonds. The van der Waals surface area contributed by atoms with E-state index < -0.39 is 0 Å². The van der Waals surface area contributed by atoms with Crippen LogP contribution in [0.1, 0.15) is 44.9 Å². The summed E-state index contributed by atoms with van der Waals surface area (Å²) in [6.07, 6.45) is 11.9. The van der Waals surface area contributed by atoms with Gasteiger partial charge in [-0.15, -0.1) is 12.3 Å². The van der Waals surface area contributed by atoms with E-state index in [-0.39, 0.29) is 11.6 Å². The molecule has 1 saturated carbocycles. The maximum Gasteiger partial charge on any atom is 0.222 e. The first-order valence-electron chi connectivity index (χ1n) is 8.49. The molecule has 22 heavy (non-hydrogen) atoms. The van der Waals surface area contributed by atoms with Crippen molar-refractivity contribution in [1.82, 2.24) is 10.2 Å². The molecule has 4 rings (SSSR count). The molecule has 5 nitrogen and oxygen atoms in total. The van der Waals surface area contributed by atoms with Crippen molar-refractivity contribution in [3.8, 4) is 12.3 Å². The molecule has 3 fully saturated rings. The van der Waals surface area contributed by atoms with Crippen LogP contribution in [0, 0.1) is 23.2 Å². The number of terminal acetylenes is 1. The van der Waals surface area contributed by atoms with Crippen LogP contribution in [0.25, 0.3) is 0 Å². The number of nitrogens with one attached hydrogen (secondary N) is 1. The summed E-state index contributed by atoms with van der Waals surface area (Å²) >= 11 is 0. The monoisotopic (exact) mass is 300 g/mol. The van der Waals surface area contributed by atoms with Gasteiger partial charge in [-0.2, -0.15) is 10.2 Å². The van der Waals surface area contributed by atoms with E-state index in [1.54, 1.807) is 0 Å². The molecular weight excluding hydrogens is 276 g/mol. The van der Waals surface area contributed by atoms with Crippen LogP contribution in [0.15, 0.2) is 10.2 Å². The Morgan fingerprint density at radius 3 is 2.45 bits per heavy atom. The van der Waals surface area contributed by atoms with E-state index in [0.717, 1.165) is 39.0 Å². The van der Waals surface area contributed by atoms with Gasteiger partial charge in [0.1, 0.15) is 0 Å². The third kappa shape index (κ3) is 2.00. The molecule has 2 atom stereocenters. The molecule has 0 aromatic rings. The molecule has 0 aromatic carbocycles. The van der Waals surface area contributed by atoms with Crippen LogP contribution in [0.4, 0.5) is 0 Å². The van der Waals surface area contributed by atoms with Crippen LogP contribution < -0.4 is 5.32 Å². The summed E-state index contributed by atoms with van der Waals surface area (Å²) in [7, 11) is 0. The van der Waals surface area contributed by atoms with E-state index in [1.165, 1.54) is 19.3 Å². The fourth-order valence-electron chi connectivity index (χ4n) is 5.09. The molecular formula is C17H24N4O. The number of rotatable bonds is 5. The maximum absolute atomic E-state index is 12.6. The average Bonchev–Trinajstić information content (AvgIpc) is 2.90. The minimum absolute atomic E-state index is 0.285. The van der Waals surface area contributed by atoms with E-state index in [1.807, 2.05) is 0 Å². The molecule has 118 valence electrons. The van der Waals surface area contributed by atoms with Crippen LogP contribution in [0.3, 0.4) is 0 Å². The molecule has 0 radical (unpaired) electrons. The Balaban J connectivity index is 1.35. The van der Waals surface area contributed by atoms with Gasteiger partial charge < -0.3 is 10.2 Å². The van der Waals surface area contributed by atoms with Gasteiger partial charge in [0.05, 0.1) is 0 Å². The van der Waals surface area contributed by atoms with Crippen molar-refractivity contribution in [2.75, 3.05) is 26.2 Å². The zero-order valence-electron chi connectivity index (χ0n) is 13.1. The Morgan fingerprint density at radius 2 is 1.86 bits per heavy atom. The second kappa shape index (κ2) is 4.79. The van der Waals surface area contributed by atoms with Crippen LogP contribution in [-0.4, -0.2) is 42.6 Å². The number of amides is 1. The van der Waals surface area contributed by atoms with E-state index in [4.69, 9.17) is 6.42 Å².